The van der Waals surface area contributed by atoms with Crippen molar-refractivity contribution in [3.8, 4) is 11.1 Å². The Morgan fingerprint density at radius 1 is 0.850 bits per heavy atom. The molecule has 1 fully saturated rings. The molecule has 2 aromatic rings. The third kappa shape index (κ3) is 2.91. The zero-order valence-corrected chi connectivity index (χ0v) is 12.7. The summed E-state index contributed by atoms with van der Waals surface area (Å²) in [7, 11) is 0. The zero-order chi connectivity index (χ0) is 13.9. The first-order valence-corrected chi connectivity index (χ1v) is 7.96. The van der Waals surface area contributed by atoms with Crippen LogP contribution in [0.25, 0.3) is 11.1 Å². The van der Waals surface area contributed by atoms with Crippen LogP contribution in [0, 0.1) is 5.92 Å². The summed E-state index contributed by atoms with van der Waals surface area (Å²) in [6.45, 7) is 2.37. The summed E-state index contributed by atoms with van der Waals surface area (Å²) in [5.41, 5.74) is 3.83. The van der Waals surface area contributed by atoms with Crippen LogP contribution in [0.3, 0.4) is 0 Å². The number of hydrogen-bond acceptors (Lipinski definition) is 0. The fraction of sp³-hybridized carbons (Fsp3) is 0.368. The van der Waals surface area contributed by atoms with E-state index in [2.05, 4.69) is 37.3 Å². The molecule has 3 rings (SSSR count). The Balaban J connectivity index is 1.80. The maximum atomic E-state index is 6.26. The first-order chi connectivity index (χ1) is 9.74. The van der Waals surface area contributed by atoms with Gasteiger partial charge in [0, 0.05) is 10.6 Å². The van der Waals surface area contributed by atoms with Crippen LogP contribution in [0.5, 0.6) is 0 Å². The Labute approximate surface area is 126 Å². The molecule has 1 heteroatoms. The molecule has 0 spiro atoms. The van der Waals surface area contributed by atoms with E-state index in [9.17, 15) is 0 Å². The van der Waals surface area contributed by atoms with Crippen molar-refractivity contribution in [3.63, 3.8) is 0 Å². The van der Waals surface area contributed by atoms with E-state index in [1.165, 1.54) is 36.8 Å². The highest BCUT2D eigenvalue weighted by molar-refractivity contribution is 6.33. The van der Waals surface area contributed by atoms with Crippen molar-refractivity contribution < 1.29 is 0 Å². The van der Waals surface area contributed by atoms with Gasteiger partial charge in [0.1, 0.15) is 0 Å². The molecular weight excluding hydrogens is 264 g/mol. The average Bonchev–Trinajstić information content (AvgIpc) is 2.49. The lowest BCUT2D eigenvalue weighted by atomic mass is 9.79. The van der Waals surface area contributed by atoms with Gasteiger partial charge >= 0.3 is 0 Å². The van der Waals surface area contributed by atoms with Gasteiger partial charge in [-0.2, -0.15) is 0 Å². The van der Waals surface area contributed by atoms with Crippen molar-refractivity contribution in [1.29, 1.82) is 0 Å². The predicted octanol–water partition coefficient (Wildman–Crippen LogP) is 6.30. The highest BCUT2D eigenvalue weighted by atomic mass is 35.5. The summed E-state index contributed by atoms with van der Waals surface area (Å²) < 4.78 is 0. The van der Waals surface area contributed by atoms with Crippen LogP contribution in [0.2, 0.25) is 5.02 Å². The van der Waals surface area contributed by atoms with Crippen LogP contribution in [-0.4, -0.2) is 0 Å². The summed E-state index contributed by atoms with van der Waals surface area (Å²) in [5.74, 6) is 1.67. The van der Waals surface area contributed by atoms with Gasteiger partial charge in [0.15, 0.2) is 0 Å². The van der Waals surface area contributed by atoms with Crippen molar-refractivity contribution in [2.75, 3.05) is 0 Å². The molecule has 0 N–H and O–H groups in total. The molecule has 2 aromatic carbocycles. The highest BCUT2D eigenvalue weighted by Crippen LogP contribution is 2.36. The molecule has 0 atom stereocenters. The van der Waals surface area contributed by atoms with Gasteiger partial charge in [-0.05, 0) is 41.9 Å². The fourth-order valence-corrected chi connectivity index (χ4v) is 3.47. The summed E-state index contributed by atoms with van der Waals surface area (Å²) in [4.78, 5) is 0. The summed E-state index contributed by atoms with van der Waals surface area (Å²) in [6.07, 6.45) is 5.42. The lowest BCUT2D eigenvalue weighted by Gasteiger charge is -2.26. The lowest BCUT2D eigenvalue weighted by Crippen LogP contribution is -2.10. The minimum absolute atomic E-state index is 0.756. The molecule has 0 aliphatic heterocycles. The van der Waals surface area contributed by atoms with E-state index in [1.807, 2.05) is 18.2 Å². The molecule has 0 aromatic heterocycles. The van der Waals surface area contributed by atoms with Gasteiger partial charge in [-0.15, -0.1) is 0 Å². The van der Waals surface area contributed by atoms with Crippen molar-refractivity contribution in [2.45, 2.75) is 38.5 Å². The van der Waals surface area contributed by atoms with E-state index in [1.54, 1.807) is 0 Å². The molecule has 0 bridgehead atoms. The quantitative estimate of drug-likeness (QED) is 0.607. The maximum absolute atomic E-state index is 6.26. The molecule has 1 aliphatic carbocycles. The normalized spacial score (nSPS) is 22.7. The third-order valence-corrected chi connectivity index (χ3v) is 4.91. The third-order valence-electron chi connectivity index (χ3n) is 4.58. The molecule has 0 unspecified atom stereocenters. The van der Waals surface area contributed by atoms with Crippen LogP contribution >= 0.6 is 11.6 Å². The number of rotatable bonds is 2. The van der Waals surface area contributed by atoms with Crippen LogP contribution < -0.4 is 0 Å². The van der Waals surface area contributed by atoms with Crippen LogP contribution in [0.4, 0.5) is 0 Å². The first-order valence-electron chi connectivity index (χ1n) is 7.59. The molecular formula is C19H21Cl. The van der Waals surface area contributed by atoms with E-state index in [4.69, 9.17) is 11.6 Å². The molecule has 1 aliphatic rings. The molecule has 0 radical (unpaired) electrons. The van der Waals surface area contributed by atoms with Crippen LogP contribution in [0.15, 0.2) is 48.5 Å². The smallest absolute Gasteiger partial charge is 0.0484 e. The maximum Gasteiger partial charge on any atom is 0.0484 e. The van der Waals surface area contributed by atoms with Gasteiger partial charge in [-0.25, -0.2) is 0 Å². The Hall–Kier alpha value is -1.27. The first kappa shape index (κ1) is 13.7. The van der Waals surface area contributed by atoms with Crippen molar-refractivity contribution in [2.24, 2.45) is 5.92 Å². The molecule has 0 saturated heterocycles. The van der Waals surface area contributed by atoms with E-state index in [0.29, 0.717) is 0 Å². The summed E-state index contributed by atoms with van der Waals surface area (Å²) in [6, 6.07) is 17.1. The lowest BCUT2D eigenvalue weighted by molar-refractivity contribution is 0.348. The minimum atomic E-state index is 0.756. The Morgan fingerprint density at radius 3 is 2.15 bits per heavy atom. The van der Waals surface area contributed by atoms with Gasteiger partial charge in [0.05, 0.1) is 0 Å². The number of hydrogen-bond donors (Lipinski definition) is 0. The van der Waals surface area contributed by atoms with Crippen LogP contribution in [-0.2, 0) is 0 Å². The van der Waals surface area contributed by atoms with Gasteiger partial charge in [-0.1, -0.05) is 73.8 Å². The standard InChI is InChI=1S/C19H21Cl/c1-14-6-8-15(9-7-14)16-10-12-17(13-11-16)18-4-2-3-5-19(18)20/h2-5,10-15H,6-9H2,1H3. The molecule has 1 saturated carbocycles. The monoisotopic (exact) mass is 284 g/mol. The van der Waals surface area contributed by atoms with E-state index in [0.717, 1.165) is 22.4 Å². The number of halogens is 1. The largest absolute Gasteiger partial charge is 0.0837 e. The summed E-state index contributed by atoms with van der Waals surface area (Å²) >= 11 is 6.26. The topological polar surface area (TPSA) is 0 Å². The van der Waals surface area contributed by atoms with E-state index in [-0.39, 0.29) is 0 Å². The van der Waals surface area contributed by atoms with Gasteiger partial charge < -0.3 is 0 Å². The molecule has 0 heterocycles. The van der Waals surface area contributed by atoms with Gasteiger partial charge in [-0.3, -0.25) is 0 Å². The Kier molecular flexibility index (Phi) is 4.12. The second-order valence-corrected chi connectivity index (χ2v) is 6.47. The molecule has 0 amide bonds. The average molecular weight is 285 g/mol. The molecule has 104 valence electrons. The number of benzene rings is 2. The molecule has 0 nitrogen and oxygen atoms in total. The second kappa shape index (κ2) is 6.01. The van der Waals surface area contributed by atoms with Crippen LogP contribution in [0.1, 0.15) is 44.1 Å². The van der Waals surface area contributed by atoms with Gasteiger partial charge in [0.25, 0.3) is 0 Å². The van der Waals surface area contributed by atoms with Crippen molar-refractivity contribution in [1.82, 2.24) is 0 Å². The van der Waals surface area contributed by atoms with Crippen molar-refractivity contribution in [3.05, 3.63) is 59.1 Å². The fourth-order valence-electron chi connectivity index (χ4n) is 3.22. The highest BCUT2D eigenvalue weighted by Gasteiger charge is 2.19. The van der Waals surface area contributed by atoms with E-state index >= 15 is 0 Å². The Morgan fingerprint density at radius 2 is 1.50 bits per heavy atom. The predicted molar refractivity (Wildman–Crippen MR) is 87.3 cm³/mol. The Bertz CT molecular complexity index is 563. The van der Waals surface area contributed by atoms with E-state index < -0.39 is 0 Å². The zero-order valence-electron chi connectivity index (χ0n) is 12.0. The SMILES string of the molecule is CC1CCC(c2ccc(-c3ccccc3Cl)cc2)CC1. The summed E-state index contributed by atoms with van der Waals surface area (Å²) in [5, 5.41) is 0.826. The second-order valence-electron chi connectivity index (χ2n) is 6.06. The van der Waals surface area contributed by atoms with Gasteiger partial charge in [0.2, 0.25) is 0 Å². The molecule has 20 heavy (non-hydrogen) atoms. The van der Waals surface area contributed by atoms with Crippen molar-refractivity contribution >= 4 is 11.6 Å². The minimum Gasteiger partial charge on any atom is -0.0837 e.